The molecule has 0 spiro atoms. The normalized spacial score (nSPS) is 20.7. The molecule has 1 fully saturated rings. The van der Waals surface area contributed by atoms with Crippen LogP contribution in [0.4, 0.5) is 5.82 Å². The molecule has 0 radical (unpaired) electrons. The number of nitrogens with two attached hydrogens (primary N) is 1. The van der Waals surface area contributed by atoms with Crippen LogP contribution in [0.2, 0.25) is 0 Å². The van der Waals surface area contributed by atoms with Crippen molar-refractivity contribution in [1.82, 2.24) is 10.3 Å². The van der Waals surface area contributed by atoms with Gasteiger partial charge in [0.2, 0.25) is 0 Å². The average Bonchev–Trinajstić information content (AvgIpc) is 3.01. The van der Waals surface area contributed by atoms with Crippen LogP contribution < -0.4 is 20.5 Å². The number of hydrogen-bond acceptors (Lipinski definition) is 6. The Hall–Kier alpha value is -2.78. The molecule has 2 atom stereocenters. The van der Waals surface area contributed by atoms with Gasteiger partial charge in [-0.1, -0.05) is 0 Å². The van der Waals surface area contributed by atoms with Crippen LogP contribution in [0, 0.1) is 11.3 Å². The lowest BCUT2D eigenvalue weighted by Crippen LogP contribution is -2.33. The van der Waals surface area contributed by atoms with Gasteiger partial charge in [-0.2, -0.15) is 5.26 Å². The first kappa shape index (κ1) is 15.7. The van der Waals surface area contributed by atoms with E-state index in [0.717, 1.165) is 41.6 Å². The predicted octanol–water partition coefficient (Wildman–Crippen LogP) is 2.57. The maximum Gasteiger partial charge on any atom is 0.142 e. The zero-order valence-corrected chi connectivity index (χ0v) is 14.3. The second-order valence-electron chi connectivity index (χ2n) is 6.48. The Morgan fingerprint density at radius 1 is 1.28 bits per heavy atom. The fraction of sp³-hybridized carbons (Fsp3) is 0.368. The second kappa shape index (κ2) is 5.94. The first-order chi connectivity index (χ1) is 12.2. The molecule has 2 aliphatic rings. The minimum Gasteiger partial charge on any atom is -0.497 e. The van der Waals surface area contributed by atoms with Gasteiger partial charge in [-0.3, -0.25) is 0 Å². The maximum absolute atomic E-state index is 9.76. The minimum absolute atomic E-state index is 0.194. The molecule has 128 valence electrons. The van der Waals surface area contributed by atoms with Crippen molar-refractivity contribution in [3.8, 4) is 28.7 Å². The molecule has 6 heteroatoms. The predicted molar refractivity (Wildman–Crippen MR) is 94.5 cm³/mol. The van der Waals surface area contributed by atoms with Crippen molar-refractivity contribution < 1.29 is 9.47 Å². The molecule has 2 aromatic rings. The molecule has 0 unspecified atom stereocenters. The largest absolute Gasteiger partial charge is 0.497 e. The van der Waals surface area contributed by atoms with E-state index in [0.29, 0.717) is 23.1 Å². The summed E-state index contributed by atoms with van der Waals surface area (Å²) in [6, 6.07) is 8.48. The monoisotopic (exact) mass is 336 g/mol. The molecule has 4 rings (SSSR count). The summed E-state index contributed by atoms with van der Waals surface area (Å²) in [5, 5.41) is 13.4. The fourth-order valence-corrected chi connectivity index (χ4v) is 4.04. The van der Waals surface area contributed by atoms with Crippen LogP contribution in [0.1, 0.15) is 35.7 Å². The average molecular weight is 336 g/mol. The van der Waals surface area contributed by atoms with Gasteiger partial charge >= 0.3 is 0 Å². The van der Waals surface area contributed by atoms with E-state index >= 15 is 0 Å². The number of nitrogen functional groups attached to an aromatic ring is 1. The molecular formula is C19H20N4O2. The molecule has 0 aliphatic carbocycles. The summed E-state index contributed by atoms with van der Waals surface area (Å²) >= 11 is 0. The van der Waals surface area contributed by atoms with Crippen LogP contribution in [0.25, 0.3) is 11.1 Å². The fourth-order valence-electron chi connectivity index (χ4n) is 4.04. The van der Waals surface area contributed by atoms with Crippen molar-refractivity contribution >= 4 is 5.82 Å². The van der Waals surface area contributed by atoms with E-state index in [1.165, 1.54) is 0 Å². The third kappa shape index (κ3) is 2.39. The first-order valence-corrected chi connectivity index (χ1v) is 8.37. The highest BCUT2D eigenvalue weighted by Crippen LogP contribution is 2.46. The number of hydrogen-bond donors (Lipinski definition) is 2. The van der Waals surface area contributed by atoms with Gasteiger partial charge in [0.1, 0.15) is 28.9 Å². The van der Waals surface area contributed by atoms with Gasteiger partial charge in [-0.15, -0.1) is 0 Å². The lowest BCUT2D eigenvalue weighted by Gasteiger charge is -2.28. The third-order valence-electron chi connectivity index (χ3n) is 5.16. The smallest absolute Gasteiger partial charge is 0.142 e. The van der Waals surface area contributed by atoms with Gasteiger partial charge in [0.05, 0.1) is 14.2 Å². The number of rotatable bonds is 3. The minimum atomic E-state index is 0.194. The van der Waals surface area contributed by atoms with Crippen molar-refractivity contribution in [3.63, 3.8) is 0 Å². The van der Waals surface area contributed by atoms with Crippen LogP contribution in [0.5, 0.6) is 11.5 Å². The van der Waals surface area contributed by atoms with E-state index in [-0.39, 0.29) is 11.9 Å². The number of nitriles is 1. The number of anilines is 1. The number of benzene rings is 1. The molecule has 6 nitrogen and oxygen atoms in total. The summed E-state index contributed by atoms with van der Waals surface area (Å²) in [5.74, 6) is 1.67. The Morgan fingerprint density at radius 3 is 2.84 bits per heavy atom. The summed E-state index contributed by atoms with van der Waals surface area (Å²) in [5.41, 5.74) is 10.2. The van der Waals surface area contributed by atoms with E-state index in [2.05, 4.69) is 16.4 Å². The van der Waals surface area contributed by atoms with Crippen LogP contribution in [-0.4, -0.2) is 25.2 Å². The Morgan fingerprint density at radius 2 is 2.12 bits per heavy atom. The number of nitrogens with one attached hydrogen (secondary N) is 1. The van der Waals surface area contributed by atoms with E-state index in [1.54, 1.807) is 14.2 Å². The standard InChI is InChI=1S/C19H20N4O2/c1-24-11-4-6-16(25-2)12(8-11)17-13(9-20)19(21)23-15-7-10-3-5-14(22-10)18(15)17/h4,6,8,10,14,22H,3,5,7H2,1-2H3,(H2,21,23)/t10-,14+/m0/s1. The van der Waals surface area contributed by atoms with Gasteiger partial charge in [0, 0.05) is 40.9 Å². The van der Waals surface area contributed by atoms with Crippen molar-refractivity contribution in [2.45, 2.75) is 31.3 Å². The highest BCUT2D eigenvalue weighted by molar-refractivity contribution is 5.84. The van der Waals surface area contributed by atoms with Gasteiger partial charge in [0.25, 0.3) is 0 Å². The SMILES string of the molecule is COc1ccc(OC)c(-c2c(C#N)c(N)nc3c2[C@H]2CC[C@@H](C3)N2)c1. The Bertz CT molecular complexity index is 888. The lowest BCUT2D eigenvalue weighted by molar-refractivity contribution is 0.404. The van der Waals surface area contributed by atoms with Crippen LogP contribution >= 0.6 is 0 Å². The van der Waals surface area contributed by atoms with Gasteiger partial charge in [0.15, 0.2) is 0 Å². The first-order valence-electron chi connectivity index (χ1n) is 8.37. The molecule has 2 aliphatic heterocycles. The molecule has 1 saturated heterocycles. The Labute approximate surface area is 146 Å². The number of aromatic nitrogens is 1. The van der Waals surface area contributed by atoms with Crippen LogP contribution in [0.3, 0.4) is 0 Å². The molecular weight excluding hydrogens is 316 g/mol. The highest BCUT2D eigenvalue weighted by Gasteiger charge is 2.37. The number of fused-ring (bicyclic) bond motifs is 4. The third-order valence-corrected chi connectivity index (χ3v) is 5.16. The van der Waals surface area contributed by atoms with Gasteiger partial charge < -0.3 is 20.5 Å². The molecule has 2 bridgehead atoms. The van der Waals surface area contributed by atoms with Crippen molar-refractivity contribution in [2.24, 2.45) is 0 Å². The number of methoxy groups -OCH3 is 2. The summed E-state index contributed by atoms with van der Waals surface area (Å²) in [6.45, 7) is 0. The topological polar surface area (TPSA) is 93.2 Å². The maximum atomic E-state index is 9.76. The molecule has 3 N–H and O–H groups in total. The van der Waals surface area contributed by atoms with Gasteiger partial charge in [-0.25, -0.2) is 4.98 Å². The molecule has 0 amide bonds. The molecule has 0 saturated carbocycles. The quantitative estimate of drug-likeness (QED) is 0.895. The van der Waals surface area contributed by atoms with Crippen molar-refractivity contribution in [2.75, 3.05) is 20.0 Å². The van der Waals surface area contributed by atoms with E-state index < -0.39 is 0 Å². The number of nitrogens with zero attached hydrogens (tertiary/aromatic N) is 2. The van der Waals surface area contributed by atoms with Crippen molar-refractivity contribution in [1.29, 1.82) is 5.26 Å². The molecule has 3 heterocycles. The molecule has 1 aromatic heterocycles. The Kier molecular flexibility index (Phi) is 3.74. The van der Waals surface area contributed by atoms with Crippen LogP contribution in [0.15, 0.2) is 18.2 Å². The number of ether oxygens (including phenoxy) is 2. The Balaban J connectivity index is 2.05. The van der Waals surface area contributed by atoms with E-state index in [9.17, 15) is 5.26 Å². The van der Waals surface area contributed by atoms with Crippen molar-refractivity contribution in [3.05, 3.63) is 35.0 Å². The zero-order valence-electron chi connectivity index (χ0n) is 14.3. The second-order valence-corrected chi connectivity index (χ2v) is 6.48. The summed E-state index contributed by atoms with van der Waals surface area (Å²) in [7, 11) is 3.24. The van der Waals surface area contributed by atoms with E-state index in [4.69, 9.17) is 15.2 Å². The van der Waals surface area contributed by atoms with Gasteiger partial charge in [-0.05, 0) is 31.0 Å². The summed E-state index contributed by atoms with van der Waals surface area (Å²) < 4.78 is 10.9. The molecule has 1 aromatic carbocycles. The summed E-state index contributed by atoms with van der Waals surface area (Å²) in [6.07, 6.45) is 2.98. The zero-order chi connectivity index (χ0) is 17.6. The molecule has 25 heavy (non-hydrogen) atoms. The highest BCUT2D eigenvalue weighted by atomic mass is 16.5. The summed E-state index contributed by atoms with van der Waals surface area (Å²) in [4.78, 5) is 4.55. The lowest BCUT2D eigenvalue weighted by atomic mass is 9.87. The van der Waals surface area contributed by atoms with Crippen LogP contribution in [-0.2, 0) is 6.42 Å². The number of pyridine rings is 1. The van der Waals surface area contributed by atoms with E-state index in [1.807, 2.05) is 18.2 Å².